The lowest BCUT2D eigenvalue weighted by Crippen LogP contribution is -2.50. The van der Waals surface area contributed by atoms with Gasteiger partial charge in [-0.3, -0.25) is 14.5 Å². The summed E-state index contributed by atoms with van der Waals surface area (Å²) in [6.45, 7) is 0. The third-order valence-electron chi connectivity index (χ3n) is 4.83. The predicted octanol–water partition coefficient (Wildman–Crippen LogP) is 4.45. The number of rotatable bonds is 6. The molecule has 156 valence electrons. The van der Waals surface area contributed by atoms with Crippen LogP contribution in [0, 0.1) is 0 Å². The summed E-state index contributed by atoms with van der Waals surface area (Å²) in [5, 5.41) is 4.49. The van der Waals surface area contributed by atoms with E-state index in [1.54, 1.807) is 17.5 Å². The van der Waals surface area contributed by atoms with Gasteiger partial charge in [-0.25, -0.2) is 0 Å². The van der Waals surface area contributed by atoms with E-state index in [-0.39, 0.29) is 11.7 Å². The number of ether oxygens (including phenoxy) is 1. The third kappa shape index (κ3) is 4.90. The summed E-state index contributed by atoms with van der Waals surface area (Å²) in [6, 6.07) is 7.27. The van der Waals surface area contributed by atoms with Crippen LogP contribution in [0.3, 0.4) is 0 Å². The second-order valence-corrected chi connectivity index (χ2v) is 7.76. The zero-order valence-corrected chi connectivity index (χ0v) is 16.6. The number of nitrogens with one attached hydrogen (secondary N) is 1. The number of anilines is 1. The van der Waals surface area contributed by atoms with Crippen LogP contribution in [-0.4, -0.2) is 31.1 Å². The normalized spacial score (nSPS) is 15.7. The smallest absolute Gasteiger partial charge is 0.471 e. The Morgan fingerprint density at radius 3 is 2.34 bits per heavy atom. The van der Waals surface area contributed by atoms with Crippen molar-refractivity contribution in [1.82, 2.24) is 5.32 Å². The summed E-state index contributed by atoms with van der Waals surface area (Å²) in [5.41, 5.74) is -0.0342. The van der Waals surface area contributed by atoms with E-state index in [0.717, 1.165) is 37.0 Å². The highest BCUT2D eigenvalue weighted by Crippen LogP contribution is 2.35. The molecule has 1 aliphatic carbocycles. The van der Waals surface area contributed by atoms with Crippen LogP contribution < -0.4 is 15.0 Å². The van der Waals surface area contributed by atoms with Gasteiger partial charge in [-0.1, -0.05) is 18.9 Å². The number of halogens is 3. The number of benzene rings is 1. The first kappa shape index (κ1) is 21.2. The molecule has 1 heterocycles. The van der Waals surface area contributed by atoms with E-state index in [4.69, 9.17) is 4.74 Å². The van der Waals surface area contributed by atoms with Gasteiger partial charge in [-0.2, -0.15) is 13.2 Å². The topological polar surface area (TPSA) is 58.6 Å². The summed E-state index contributed by atoms with van der Waals surface area (Å²) in [6.07, 6.45) is -1.67. The maximum absolute atomic E-state index is 13.5. The number of alkyl halides is 3. The number of nitrogens with zero attached hydrogens (tertiary/aromatic N) is 1. The Bertz CT molecular complexity index is 832. The zero-order valence-electron chi connectivity index (χ0n) is 15.7. The van der Waals surface area contributed by atoms with E-state index in [1.165, 1.54) is 31.4 Å². The molecule has 29 heavy (non-hydrogen) atoms. The maximum Gasteiger partial charge on any atom is 0.471 e. The van der Waals surface area contributed by atoms with E-state index >= 15 is 0 Å². The molecule has 0 saturated heterocycles. The first-order chi connectivity index (χ1) is 13.8. The van der Waals surface area contributed by atoms with Crippen molar-refractivity contribution in [1.29, 1.82) is 0 Å². The lowest BCUT2D eigenvalue weighted by molar-refractivity contribution is -0.171. The number of carbonyl (C=O) groups excluding carboxylic acids is 2. The molecule has 9 heteroatoms. The summed E-state index contributed by atoms with van der Waals surface area (Å²) in [7, 11) is 1.43. The minimum atomic E-state index is -5.14. The Morgan fingerprint density at radius 2 is 1.83 bits per heavy atom. The van der Waals surface area contributed by atoms with Gasteiger partial charge in [0.2, 0.25) is 5.91 Å². The molecule has 1 saturated carbocycles. The number of carbonyl (C=O) groups is 2. The Labute approximate surface area is 170 Å². The van der Waals surface area contributed by atoms with E-state index in [0.29, 0.717) is 15.5 Å². The molecule has 0 bridgehead atoms. The first-order valence-electron chi connectivity index (χ1n) is 9.19. The van der Waals surface area contributed by atoms with Crippen molar-refractivity contribution in [2.24, 2.45) is 0 Å². The Balaban J connectivity index is 2.03. The van der Waals surface area contributed by atoms with Crippen molar-refractivity contribution in [3.05, 3.63) is 46.7 Å². The first-order valence-corrected chi connectivity index (χ1v) is 10.1. The molecule has 1 aromatic heterocycles. The highest BCUT2D eigenvalue weighted by atomic mass is 32.1. The van der Waals surface area contributed by atoms with Crippen LogP contribution >= 0.6 is 11.3 Å². The fourth-order valence-electron chi connectivity index (χ4n) is 3.43. The Morgan fingerprint density at radius 1 is 1.17 bits per heavy atom. The van der Waals surface area contributed by atoms with E-state index in [2.05, 4.69) is 5.32 Å². The van der Waals surface area contributed by atoms with Gasteiger partial charge in [0.1, 0.15) is 5.75 Å². The number of amides is 2. The fourth-order valence-corrected chi connectivity index (χ4v) is 4.25. The van der Waals surface area contributed by atoms with Crippen molar-refractivity contribution in [2.75, 3.05) is 12.0 Å². The van der Waals surface area contributed by atoms with Crippen LogP contribution in [0.4, 0.5) is 18.9 Å². The number of hydrogen-bond acceptors (Lipinski definition) is 4. The summed E-state index contributed by atoms with van der Waals surface area (Å²) in [4.78, 5) is 26.3. The highest BCUT2D eigenvalue weighted by molar-refractivity contribution is 7.10. The molecule has 0 unspecified atom stereocenters. The SMILES string of the molecule is COc1ccc(N(C(=O)C(F)(F)F)[C@@H](C(=O)NC2CCCC2)c2cccs2)cc1. The second kappa shape index (κ2) is 8.86. The zero-order chi connectivity index (χ0) is 21.0. The van der Waals surface area contributed by atoms with Gasteiger partial charge in [0, 0.05) is 16.6 Å². The molecule has 0 radical (unpaired) electrons. The lowest BCUT2D eigenvalue weighted by Gasteiger charge is -2.32. The van der Waals surface area contributed by atoms with E-state index in [9.17, 15) is 22.8 Å². The summed E-state index contributed by atoms with van der Waals surface area (Å²) in [5.74, 6) is -2.29. The number of hydrogen-bond donors (Lipinski definition) is 1. The molecule has 1 fully saturated rings. The summed E-state index contributed by atoms with van der Waals surface area (Å²) < 4.78 is 45.4. The minimum Gasteiger partial charge on any atom is -0.497 e. The van der Waals surface area contributed by atoms with Gasteiger partial charge in [0.15, 0.2) is 6.04 Å². The van der Waals surface area contributed by atoms with Gasteiger partial charge >= 0.3 is 12.1 Å². The molecule has 1 atom stereocenters. The Hall–Kier alpha value is -2.55. The molecule has 1 aromatic carbocycles. The van der Waals surface area contributed by atoms with E-state index in [1.807, 2.05) is 0 Å². The van der Waals surface area contributed by atoms with E-state index < -0.39 is 24.0 Å². The molecule has 5 nitrogen and oxygen atoms in total. The van der Waals surface area contributed by atoms with Crippen molar-refractivity contribution in [2.45, 2.75) is 43.9 Å². The molecule has 1 aliphatic rings. The molecule has 2 aromatic rings. The molecular formula is C20H21F3N2O3S. The standard InChI is InChI=1S/C20H21F3N2O3S/c1-28-15-10-8-14(9-11-15)25(19(27)20(21,22)23)17(16-7-4-12-29-16)18(26)24-13-5-2-3-6-13/h4,7-13,17H,2-3,5-6H2,1H3,(H,24,26)/t17-/m1/s1. The molecule has 0 aliphatic heterocycles. The fraction of sp³-hybridized carbons (Fsp3) is 0.400. The number of thiophene rings is 1. The second-order valence-electron chi connectivity index (χ2n) is 6.78. The monoisotopic (exact) mass is 426 g/mol. The molecule has 2 amide bonds. The molecular weight excluding hydrogens is 405 g/mol. The quantitative estimate of drug-likeness (QED) is 0.742. The highest BCUT2D eigenvalue weighted by Gasteiger charge is 2.47. The largest absolute Gasteiger partial charge is 0.497 e. The molecule has 0 spiro atoms. The maximum atomic E-state index is 13.5. The molecule has 3 rings (SSSR count). The van der Waals surface area contributed by atoms with Gasteiger partial charge in [-0.05, 0) is 48.6 Å². The van der Waals surface area contributed by atoms with Crippen molar-refractivity contribution >= 4 is 28.8 Å². The average Bonchev–Trinajstić information content (AvgIpc) is 3.39. The van der Waals surface area contributed by atoms with Crippen molar-refractivity contribution < 1.29 is 27.5 Å². The summed E-state index contributed by atoms with van der Waals surface area (Å²) >= 11 is 1.13. The van der Waals surface area contributed by atoms with Crippen LogP contribution in [0.5, 0.6) is 5.75 Å². The van der Waals surface area contributed by atoms with Crippen LogP contribution in [0.1, 0.15) is 36.6 Å². The minimum absolute atomic E-state index is 0.0342. The van der Waals surface area contributed by atoms with Crippen molar-refractivity contribution in [3.8, 4) is 5.75 Å². The van der Waals surface area contributed by atoms with Crippen molar-refractivity contribution in [3.63, 3.8) is 0 Å². The predicted molar refractivity (Wildman–Crippen MR) is 104 cm³/mol. The van der Waals surface area contributed by atoms with Crippen LogP contribution in [0.2, 0.25) is 0 Å². The van der Waals surface area contributed by atoms with Crippen LogP contribution in [0.15, 0.2) is 41.8 Å². The van der Waals surface area contributed by atoms with Gasteiger partial charge < -0.3 is 10.1 Å². The Kier molecular flexibility index (Phi) is 6.46. The van der Waals surface area contributed by atoms with Crippen LogP contribution in [-0.2, 0) is 9.59 Å². The van der Waals surface area contributed by atoms with Gasteiger partial charge in [0.25, 0.3) is 0 Å². The third-order valence-corrected chi connectivity index (χ3v) is 5.76. The van der Waals surface area contributed by atoms with Crippen LogP contribution in [0.25, 0.3) is 0 Å². The van der Waals surface area contributed by atoms with Gasteiger partial charge in [-0.15, -0.1) is 11.3 Å². The average molecular weight is 426 g/mol. The van der Waals surface area contributed by atoms with Gasteiger partial charge in [0.05, 0.1) is 7.11 Å². The molecule has 1 N–H and O–H groups in total. The number of methoxy groups -OCH3 is 1. The lowest BCUT2D eigenvalue weighted by atomic mass is 10.1.